The number of hydrogen-bond donors (Lipinski definition) is 1. The molecule has 0 saturated heterocycles. The van der Waals surface area contributed by atoms with Gasteiger partial charge in [-0.2, -0.15) is 0 Å². The van der Waals surface area contributed by atoms with Crippen LogP contribution in [-0.4, -0.2) is 4.98 Å². The zero-order chi connectivity index (χ0) is 12.3. The summed E-state index contributed by atoms with van der Waals surface area (Å²) >= 11 is 1.75. The van der Waals surface area contributed by atoms with Crippen molar-refractivity contribution in [2.45, 2.75) is 32.7 Å². The van der Waals surface area contributed by atoms with Gasteiger partial charge in [0.25, 0.3) is 0 Å². The van der Waals surface area contributed by atoms with Gasteiger partial charge in [-0.05, 0) is 6.42 Å². The van der Waals surface area contributed by atoms with Crippen molar-refractivity contribution in [2.24, 2.45) is 5.73 Å². The largest absolute Gasteiger partial charge is 0.326 e. The van der Waals surface area contributed by atoms with Gasteiger partial charge in [0, 0.05) is 22.9 Å². The number of nitrogens with two attached hydrogens (primary N) is 1. The van der Waals surface area contributed by atoms with Crippen molar-refractivity contribution >= 4 is 11.3 Å². The minimum absolute atomic E-state index is 0.516. The lowest BCUT2D eigenvalue weighted by molar-refractivity contribution is 0.727. The quantitative estimate of drug-likeness (QED) is 0.891. The van der Waals surface area contributed by atoms with Crippen LogP contribution in [0.15, 0.2) is 30.3 Å². The van der Waals surface area contributed by atoms with E-state index in [4.69, 9.17) is 10.7 Å². The van der Waals surface area contributed by atoms with Gasteiger partial charge in [0.05, 0.1) is 10.7 Å². The molecule has 1 aromatic carbocycles. The average molecular weight is 246 g/mol. The summed E-state index contributed by atoms with van der Waals surface area (Å²) in [4.78, 5) is 5.95. The van der Waals surface area contributed by atoms with Crippen LogP contribution in [0.25, 0.3) is 11.3 Å². The van der Waals surface area contributed by atoms with E-state index in [-0.39, 0.29) is 0 Å². The Morgan fingerprint density at radius 2 is 2.00 bits per heavy atom. The van der Waals surface area contributed by atoms with Gasteiger partial charge in [0.2, 0.25) is 0 Å². The number of nitrogens with zero attached hydrogens (tertiary/aromatic N) is 1. The first-order valence-corrected chi connectivity index (χ1v) is 6.83. The van der Waals surface area contributed by atoms with E-state index in [1.807, 2.05) is 18.2 Å². The summed E-state index contributed by atoms with van der Waals surface area (Å²) in [6.45, 7) is 4.97. The molecule has 3 heteroatoms. The molecule has 2 aromatic rings. The summed E-state index contributed by atoms with van der Waals surface area (Å²) < 4.78 is 0. The second kappa shape index (κ2) is 5.43. The summed E-state index contributed by atoms with van der Waals surface area (Å²) in [6, 6.07) is 10.3. The summed E-state index contributed by atoms with van der Waals surface area (Å²) in [7, 11) is 0. The fourth-order valence-electron chi connectivity index (χ4n) is 1.72. The van der Waals surface area contributed by atoms with Gasteiger partial charge in [-0.25, -0.2) is 4.98 Å². The molecule has 0 bridgehead atoms. The van der Waals surface area contributed by atoms with Gasteiger partial charge in [-0.15, -0.1) is 11.3 Å². The lowest BCUT2D eigenvalue weighted by Crippen LogP contribution is -1.95. The van der Waals surface area contributed by atoms with Crippen molar-refractivity contribution < 1.29 is 0 Å². The second-order valence-electron chi connectivity index (χ2n) is 4.20. The highest BCUT2D eigenvalue weighted by atomic mass is 32.1. The van der Waals surface area contributed by atoms with Crippen LogP contribution < -0.4 is 5.73 Å². The van der Waals surface area contributed by atoms with Crippen molar-refractivity contribution in [3.8, 4) is 11.3 Å². The molecule has 0 spiro atoms. The zero-order valence-electron chi connectivity index (χ0n) is 10.3. The first-order chi connectivity index (χ1) is 8.26. The van der Waals surface area contributed by atoms with E-state index in [0.717, 1.165) is 12.1 Å². The molecule has 0 amide bonds. The molecule has 17 heavy (non-hydrogen) atoms. The standard InChI is InChI=1S/C14H18N2S/c1-3-10(2)14-16-13(12(9-15)17-14)11-7-5-4-6-8-11/h4-8,10H,3,9,15H2,1-2H3. The minimum Gasteiger partial charge on any atom is -0.326 e. The molecule has 0 fully saturated rings. The lowest BCUT2D eigenvalue weighted by Gasteiger charge is -2.02. The predicted molar refractivity (Wildman–Crippen MR) is 74.1 cm³/mol. The summed E-state index contributed by atoms with van der Waals surface area (Å²) in [5.41, 5.74) is 8.04. The molecule has 0 aliphatic carbocycles. The number of rotatable bonds is 4. The molecule has 90 valence electrons. The zero-order valence-corrected chi connectivity index (χ0v) is 11.1. The third kappa shape index (κ3) is 2.56. The van der Waals surface area contributed by atoms with Gasteiger partial charge >= 0.3 is 0 Å². The Labute approximate surface area is 107 Å². The molecule has 0 aliphatic heterocycles. The third-order valence-corrected chi connectivity index (χ3v) is 4.29. The molecule has 1 atom stereocenters. The van der Waals surface area contributed by atoms with Gasteiger partial charge in [-0.1, -0.05) is 44.2 Å². The van der Waals surface area contributed by atoms with E-state index in [2.05, 4.69) is 26.0 Å². The van der Waals surface area contributed by atoms with Crippen LogP contribution in [0.1, 0.15) is 36.1 Å². The molecule has 0 radical (unpaired) electrons. The summed E-state index contributed by atoms with van der Waals surface area (Å²) in [6.07, 6.45) is 1.12. The maximum absolute atomic E-state index is 5.81. The molecular formula is C14H18N2S. The summed E-state index contributed by atoms with van der Waals surface area (Å²) in [5.74, 6) is 0.516. The number of thiazole rings is 1. The Morgan fingerprint density at radius 1 is 1.29 bits per heavy atom. The van der Waals surface area contributed by atoms with Gasteiger partial charge in [0.15, 0.2) is 0 Å². The highest BCUT2D eigenvalue weighted by Crippen LogP contribution is 2.32. The van der Waals surface area contributed by atoms with Crippen LogP contribution in [0.2, 0.25) is 0 Å². The first kappa shape index (κ1) is 12.3. The molecule has 0 aliphatic rings. The van der Waals surface area contributed by atoms with E-state index in [0.29, 0.717) is 12.5 Å². The second-order valence-corrected chi connectivity index (χ2v) is 5.32. The van der Waals surface area contributed by atoms with Crippen LogP contribution in [0.3, 0.4) is 0 Å². The minimum atomic E-state index is 0.516. The molecule has 2 N–H and O–H groups in total. The maximum atomic E-state index is 5.81. The van der Waals surface area contributed by atoms with Gasteiger partial charge in [0.1, 0.15) is 0 Å². The Kier molecular flexibility index (Phi) is 3.92. The van der Waals surface area contributed by atoms with Crippen LogP contribution in [0, 0.1) is 0 Å². The Morgan fingerprint density at radius 3 is 2.59 bits per heavy atom. The van der Waals surface area contributed by atoms with E-state index in [1.54, 1.807) is 11.3 Å². The lowest BCUT2D eigenvalue weighted by atomic mass is 10.1. The van der Waals surface area contributed by atoms with Crippen molar-refractivity contribution in [2.75, 3.05) is 0 Å². The molecule has 2 nitrogen and oxygen atoms in total. The van der Waals surface area contributed by atoms with E-state index in [9.17, 15) is 0 Å². The smallest absolute Gasteiger partial charge is 0.0964 e. The van der Waals surface area contributed by atoms with Crippen LogP contribution >= 0.6 is 11.3 Å². The van der Waals surface area contributed by atoms with Crippen molar-refractivity contribution in [1.29, 1.82) is 0 Å². The number of hydrogen-bond acceptors (Lipinski definition) is 3. The van der Waals surface area contributed by atoms with Crippen LogP contribution in [-0.2, 0) is 6.54 Å². The highest BCUT2D eigenvalue weighted by Gasteiger charge is 2.14. The van der Waals surface area contributed by atoms with E-state index < -0.39 is 0 Å². The van der Waals surface area contributed by atoms with Crippen LogP contribution in [0.4, 0.5) is 0 Å². The summed E-state index contributed by atoms with van der Waals surface area (Å²) in [5, 5.41) is 1.20. The Hall–Kier alpha value is -1.19. The molecule has 1 aromatic heterocycles. The van der Waals surface area contributed by atoms with Crippen molar-refractivity contribution in [1.82, 2.24) is 4.98 Å². The van der Waals surface area contributed by atoms with Gasteiger partial charge in [-0.3, -0.25) is 0 Å². The third-order valence-electron chi connectivity index (χ3n) is 2.98. The maximum Gasteiger partial charge on any atom is 0.0964 e. The normalized spacial score (nSPS) is 12.6. The number of benzene rings is 1. The first-order valence-electron chi connectivity index (χ1n) is 6.01. The molecule has 0 saturated carbocycles. The average Bonchev–Trinajstić information content (AvgIpc) is 2.83. The SMILES string of the molecule is CCC(C)c1nc(-c2ccccc2)c(CN)s1. The van der Waals surface area contributed by atoms with Crippen LogP contribution in [0.5, 0.6) is 0 Å². The molecular weight excluding hydrogens is 228 g/mol. The molecule has 1 unspecified atom stereocenters. The van der Waals surface area contributed by atoms with Crippen molar-refractivity contribution in [3.63, 3.8) is 0 Å². The number of aromatic nitrogens is 1. The van der Waals surface area contributed by atoms with E-state index in [1.165, 1.54) is 15.4 Å². The van der Waals surface area contributed by atoms with E-state index >= 15 is 0 Å². The topological polar surface area (TPSA) is 38.9 Å². The highest BCUT2D eigenvalue weighted by molar-refractivity contribution is 7.12. The molecule has 1 heterocycles. The Balaban J connectivity index is 2.43. The fourth-order valence-corrected chi connectivity index (χ4v) is 2.82. The van der Waals surface area contributed by atoms with Gasteiger partial charge < -0.3 is 5.73 Å². The monoisotopic (exact) mass is 246 g/mol. The predicted octanol–water partition coefficient (Wildman–Crippen LogP) is 3.78. The van der Waals surface area contributed by atoms with Crippen molar-refractivity contribution in [3.05, 3.63) is 40.2 Å². The fraction of sp³-hybridized carbons (Fsp3) is 0.357. The Bertz CT molecular complexity index is 476. The molecule has 2 rings (SSSR count).